The normalized spacial score (nSPS) is 17.4. The van der Waals surface area contributed by atoms with Crippen molar-refractivity contribution in [3.63, 3.8) is 0 Å². The third-order valence-corrected chi connectivity index (χ3v) is 3.62. The Hall–Kier alpha value is -1.03. The largest absolute Gasteiger partial charge is 0.371 e. The maximum Gasteiger partial charge on any atom is 0.220 e. The number of piperidine rings is 1. The Balaban J connectivity index is 1.99. The Kier molecular flexibility index (Phi) is 3.49. The zero-order valence-electron chi connectivity index (χ0n) is 9.03. The van der Waals surface area contributed by atoms with Gasteiger partial charge in [0.2, 0.25) is 5.91 Å². The number of carbonyl (C=O) groups is 1. The van der Waals surface area contributed by atoms with Crippen molar-refractivity contribution in [3.8, 4) is 0 Å². The third-order valence-electron chi connectivity index (χ3n) is 3.09. The summed E-state index contributed by atoms with van der Waals surface area (Å²) in [5.74, 6) is -0.0952. The lowest BCUT2D eigenvalue weighted by Crippen LogP contribution is -2.38. The third kappa shape index (κ3) is 2.55. The molecule has 0 radical (unpaired) electrons. The highest BCUT2D eigenvalue weighted by molar-refractivity contribution is 9.10. The molecule has 1 aromatic carbocycles. The van der Waals surface area contributed by atoms with Gasteiger partial charge in [-0.3, -0.25) is 4.79 Å². The van der Waals surface area contributed by atoms with Crippen LogP contribution in [0.5, 0.6) is 0 Å². The van der Waals surface area contributed by atoms with Crippen LogP contribution in [-0.4, -0.2) is 19.0 Å². The van der Waals surface area contributed by atoms with E-state index in [0.29, 0.717) is 0 Å². The first-order chi connectivity index (χ1) is 7.66. The SMILES string of the molecule is NC(=O)C1CCN(c2ccc(Br)cc2)CC1. The van der Waals surface area contributed by atoms with Gasteiger partial charge in [-0.25, -0.2) is 0 Å². The summed E-state index contributed by atoms with van der Waals surface area (Å²) in [7, 11) is 0. The van der Waals surface area contributed by atoms with E-state index in [9.17, 15) is 4.79 Å². The molecule has 1 aromatic rings. The van der Waals surface area contributed by atoms with Crippen molar-refractivity contribution in [2.45, 2.75) is 12.8 Å². The number of nitrogens with two attached hydrogens (primary N) is 1. The van der Waals surface area contributed by atoms with E-state index in [1.54, 1.807) is 0 Å². The first kappa shape index (κ1) is 11.5. The summed E-state index contributed by atoms with van der Waals surface area (Å²) < 4.78 is 1.09. The van der Waals surface area contributed by atoms with E-state index >= 15 is 0 Å². The van der Waals surface area contributed by atoms with E-state index in [1.165, 1.54) is 5.69 Å². The van der Waals surface area contributed by atoms with Crippen LogP contribution in [0.25, 0.3) is 0 Å². The van der Waals surface area contributed by atoms with Gasteiger partial charge < -0.3 is 10.6 Å². The number of nitrogens with zero attached hydrogens (tertiary/aromatic N) is 1. The van der Waals surface area contributed by atoms with Gasteiger partial charge in [-0.05, 0) is 37.1 Å². The van der Waals surface area contributed by atoms with Crippen LogP contribution in [0.15, 0.2) is 28.7 Å². The molecule has 1 heterocycles. The Labute approximate surface area is 104 Å². The van der Waals surface area contributed by atoms with Crippen LogP contribution < -0.4 is 10.6 Å². The molecule has 0 bridgehead atoms. The molecule has 0 saturated carbocycles. The molecular formula is C12H15BrN2O. The predicted molar refractivity (Wildman–Crippen MR) is 68.3 cm³/mol. The van der Waals surface area contributed by atoms with Crippen molar-refractivity contribution in [1.82, 2.24) is 0 Å². The molecule has 1 aliphatic heterocycles. The van der Waals surface area contributed by atoms with Gasteiger partial charge in [-0.1, -0.05) is 15.9 Å². The number of benzene rings is 1. The molecule has 0 unspecified atom stereocenters. The molecule has 2 N–H and O–H groups in total. The van der Waals surface area contributed by atoms with Gasteiger partial charge in [0.1, 0.15) is 0 Å². The minimum absolute atomic E-state index is 0.0618. The molecule has 1 aliphatic rings. The first-order valence-electron chi connectivity index (χ1n) is 5.46. The maximum absolute atomic E-state index is 11.0. The average Bonchev–Trinajstić information content (AvgIpc) is 2.30. The van der Waals surface area contributed by atoms with Crippen LogP contribution in [-0.2, 0) is 4.79 Å². The highest BCUT2D eigenvalue weighted by atomic mass is 79.9. The summed E-state index contributed by atoms with van der Waals surface area (Å²) in [6, 6.07) is 8.26. The van der Waals surface area contributed by atoms with E-state index in [-0.39, 0.29) is 11.8 Å². The van der Waals surface area contributed by atoms with Crippen LogP contribution in [0.2, 0.25) is 0 Å². The van der Waals surface area contributed by atoms with Crippen molar-refractivity contribution >= 4 is 27.5 Å². The molecule has 1 fully saturated rings. The van der Waals surface area contributed by atoms with Crippen LogP contribution in [0.3, 0.4) is 0 Å². The summed E-state index contributed by atoms with van der Waals surface area (Å²) in [6.45, 7) is 1.82. The van der Waals surface area contributed by atoms with Gasteiger partial charge in [0.15, 0.2) is 0 Å². The van der Waals surface area contributed by atoms with E-state index < -0.39 is 0 Å². The summed E-state index contributed by atoms with van der Waals surface area (Å²) in [5.41, 5.74) is 6.52. The molecule has 3 nitrogen and oxygen atoms in total. The van der Waals surface area contributed by atoms with E-state index in [0.717, 1.165) is 30.4 Å². The second-order valence-electron chi connectivity index (χ2n) is 4.14. The van der Waals surface area contributed by atoms with Crippen molar-refractivity contribution in [3.05, 3.63) is 28.7 Å². The monoisotopic (exact) mass is 282 g/mol. The number of primary amides is 1. The lowest BCUT2D eigenvalue weighted by Gasteiger charge is -2.32. The second-order valence-corrected chi connectivity index (χ2v) is 5.06. The molecule has 0 aromatic heterocycles. The molecule has 4 heteroatoms. The van der Waals surface area contributed by atoms with Crippen LogP contribution in [0, 0.1) is 5.92 Å². The molecule has 0 aliphatic carbocycles. The number of rotatable bonds is 2. The number of hydrogen-bond donors (Lipinski definition) is 1. The zero-order chi connectivity index (χ0) is 11.5. The Morgan fingerprint density at radius 1 is 1.25 bits per heavy atom. The number of amides is 1. The molecule has 86 valence electrons. The quantitative estimate of drug-likeness (QED) is 0.904. The molecule has 16 heavy (non-hydrogen) atoms. The summed E-state index contributed by atoms with van der Waals surface area (Å²) in [5, 5.41) is 0. The van der Waals surface area contributed by atoms with Crippen LogP contribution in [0.4, 0.5) is 5.69 Å². The smallest absolute Gasteiger partial charge is 0.220 e. The fourth-order valence-corrected chi connectivity index (χ4v) is 2.34. The van der Waals surface area contributed by atoms with E-state index in [1.807, 2.05) is 12.1 Å². The summed E-state index contributed by atoms with van der Waals surface area (Å²) in [6.07, 6.45) is 1.73. The van der Waals surface area contributed by atoms with Gasteiger partial charge in [0.05, 0.1) is 0 Å². The lowest BCUT2D eigenvalue weighted by molar-refractivity contribution is -0.122. The van der Waals surface area contributed by atoms with E-state index in [2.05, 4.69) is 33.0 Å². The standard InChI is InChI=1S/C12H15BrN2O/c13-10-1-3-11(4-2-10)15-7-5-9(6-8-15)12(14)16/h1-4,9H,5-8H2,(H2,14,16). The number of carbonyl (C=O) groups excluding carboxylic acids is 1. The molecular weight excluding hydrogens is 268 g/mol. The number of anilines is 1. The predicted octanol–water partition coefficient (Wildman–Crippen LogP) is 2.15. The van der Waals surface area contributed by atoms with Crippen LogP contribution in [0.1, 0.15) is 12.8 Å². The highest BCUT2D eigenvalue weighted by Gasteiger charge is 2.22. The second kappa shape index (κ2) is 4.87. The molecule has 1 saturated heterocycles. The molecule has 2 rings (SSSR count). The molecule has 1 amide bonds. The number of hydrogen-bond acceptors (Lipinski definition) is 2. The summed E-state index contributed by atoms with van der Waals surface area (Å²) >= 11 is 3.42. The zero-order valence-corrected chi connectivity index (χ0v) is 10.6. The van der Waals surface area contributed by atoms with Crippen molar-refractivity contribution in [2.24, 2.45) is 11.7 Å². The maximum atomic E-state index is 11.0. The lowest BCUT2D eigenvalue weighted by atomic mass is 9.96. The summed E-state index contributed by atoms with van der Waals surface area (Å²) in [4.78, 5) is 13.3. The van der Waals surface area contributed by atoms with Gasteiger partial charge >= 0.3 is 0 Å². The minimum atomic E-state index is -0.157. The van der Waals surface area contributed by atoms with Crippen LogP contribution >= 0.6 is 15.9 Å². The fraction of sp³-hybridized carbons (Fsp3) is 0.417. The highest BCUT2D eigenvalue weighted by Crippen LogP contribution is 2.24. The fourth-order valence-electron chi connectivity index (χ4n) is 2.07. The van der Waals surface area contributed by atoms with Gasteiger partial charge in [-0.2, -0.15) is 0 Å². The van der Waals surface area contributed by atoms with Crippen molar-refractivity contribution in [1.29, 1.82) is 0 Å². The Morgan fingerprint density at radius 3 is 2.31 bits per heavy atom. The van der Waals surface area contributed by atoms with Gasteiger partial charge in [0.25, 0.3) is 0 Å². The van der Waals surface area contributed by atoms with Gasteiger partial charge in [0, 0.05) is 29.2 Å². The first-order valence-corrected chi connectivity index (χ1v) is 6.26. The Morgan fingerprint density at radius 2 is 1.81 bits per heavy atom. The topological polar surface area (TPSA) is 46.3 Å². The average molecular weight is 283 g/mol. The molecule has 0 spiro atoms. The minimum Gasteiger partial charge on any atom is -0.371 e. The van der Waals surface area contributed by atoms with Crippen molar-refractivity contribution in [2.75, 3.05) is 18.0 Å². The van der Waals surface area contributed by atoms with E-state index in [4.69, 9.17) is 5.73 Å². The molecule has 0 atom stereocenters. The van der Waals surface area contributed by atoms with Gasteiger partial charge in [-0.15, -0.1) is 0 Å². The van der Waals surface area contributed by atoms with Crippen molar-refractivity contribution < 1.29 is 4.79 Å². The number of halogens is 1. The Bertz CT molecular complexity index is 369.